The SMILES string of the molecule is CCCCCCCCCCc1ccc(-c2noc(CCC(N)C(=O)O)n2)cc1. The largest absolute Gasteiger partial charge is 0.480 e. The molecule has 3 N–H and O–H groups in total. The van der Waals surface area contributed by atoms with Crippen molar-refractivity contribution < 1.29 is 14.4 Å². The van der Waals surface area contributed by atoms with Gasteiger partial charge in [0.15, 0.2) is 0 Å². The first-order valence-electron chi connectivity index (χ1n) is 10.5. The molecule has 2 aromatic rings. The Kier molecular flexibility index (Phi) is 9.69. The van der Waals surface area contributed by atoms with Gasteiger partial charge in [-0.1, -0.05) is 81.3 Å². The van der Waals surface area contributed by atoms with Crippen molar-refractivity contribution in [2.75, 3.05) is 0 Å². The number of hydrogen-bond donors (Lipinski definition) is 2. The summed E-state index contributed by atoms with van der Waals surface area (Å²) in [6, 6.07) is 7.35. The van der Waals surface area contributed by atoms with Crippen LogP contribution in [0.5, 0.6) is 0 Å². The second kappa shape index (κ2) is 12.3. The maximum Gasteiger partial charge on any atom is 0.320 e. The van der Waals surface area contributed by atoms with E-state index < -0.39 is 12.0 Å². The van der Waals surface area contributed by atoms with Crippen molar-refractivity contribution in [3.8, 4) is 11.4 Å². The number of rotatable bonds is 14. The zero-order valence-corrected chi connectivity index (χ0v) is 16.9. The Morgan fingerprint density at radius 3 is 2.32 bits per heavy atom. The number of unbranched alkanes of at least 4 members (excludes halogenated alkanes) is 7. The molecule has 6 heteroatoms. The number of nitrogens with zero attached hydrogens (tertiary/aromatic N) is 2. The summed E-state index contributed by atoms with van der Waals surface area (Å²) in [6.45, 7) is 2.25. The summed E-state index contributed by atoms with van der Waals surface area (Å²) >= 11 is 0. The Labute approximate surface area is 167 Å². The van der Waals surface area contributed by atoms with Gasteiger partial charge in [-0.05, 0) is 24.8 Å². The van der Waals surface area contributed by atoms with Crippen LogP contribution in [-0.2, 0) is 17.6 Å². The summed E-state index contributed by atoms with van der Waals surface area (Å²) in [5.41, 5.74) is 7.72. The molecule has 0 amide bonds. The number of carbonyl (C=O) groups is 1. The van der Waals surface area contributed by atoms with E-state index in [4.69, 9.17) is 15.4 Å². The van der Waals surface area contributed by atoms with E-state index in [1.807, 2.05) is 12.1 Å². The first-order chi connectivity index (χ1) is 13.6. The van der Waals surface area contributed by atoms with E-state index >= 15 is 0 Å². The molecule has 154 valence electrons. The third kappa shape index (κ3) is 7.80. The highest BCUT2D eigenvalue weighted by molar-refractivity contribution is 5.73. The van der Waals surface area contributed by atoms with E-state index in [0.29, 0.717) is 18.1 Å². The van der Waals surface area contributed by atoms with Crippen LogP contribution in [0, 0.1) is 0 Å². The molecule has 0 spiro atoms. The minimum atomic E-state index is -1.02. The lowest BCUT2D eigenvalue weighted by atomic mass is 10.0. The Bertz CT molecular complexity index is 697. The summed E-state index contributed by atoms with van der Waals surface area (Å²) in [5, 5.41) is 12.8. The van der Waals surface area contributed by atoms with Gasteiger partial charge in [-0.25, -0.2) is 0 Å². The first-order valence-corrected chi connectivity index (χ1v) is 10.5. The number of aryl methyl sites for hydroxylation is 2. The molecule has 6 nitrogen and oxygen atoms in total. The number of aromatic nitrogens is 2. The number of hydrogen-bond acceptors (Lipinski definition) is 5. The number of carboxylic acid groups (broad SMARTS) is 1. The number of aliphatic carboxylic acids is 1. The molecule has 28 heavy (non-hydrogen) atoms. The van der Waals surface area contributed by atoms with Crippen molar-refractivity contribution in [1.82, 2.24) is 10.1 Å². The third-order valence-corrected chi connectivity index (χ3v) is 4.99. The van der Waals surface area contributed by atoms with Crippen LogP contribution < -0.4 is 5.73 Å². The molecule has 0 aliphatic heterocycles. The summed E-state index contributed by atoms with van der Waals surface area (Å²) in [6.07, 6.45) is 12.4. The average molecular weight is 388 g/mol. The van der Waals surface area contributed by atoms with Gasteiger partial charge in [0.25, 0.3) is 0 Å². The fourth-order valence-corrected chi connectivity index (χ4v) is 3.16. The normalized spacial score (nSPS) is 12.2. The molecule has 0 saturated carbocycles. The molecule has 0 radical (unpaired) electrons. The van der Waals surface area contributed by atoms with E-state index in [0.717, 1.165) is 12.0 Å². The first kappa shape index (κ1) is 22.1. The highest BCUT2D eigenvalue weighted by Crippen LogP contribution is 2.19. The molecule has 1 heterocycles. The van der Waals surface area contributed by atoms with Crippen LogP contribution in [-0.4, -0.2) is 27.3 Å². The standard InChI is InChI=1S/C22H33N3O3/c1-2-3-4-5-6-7-8-9-10-17-11-13-18(14-12-17)21-24-20(28-25-21)16-15-19(23)22(26)27/h11-14,19H,2-10,15-16,23H2,1H3,(H,26,27). The second-order valence-corrected chi connectivity index (χ2v) is 7.42. The van der Waals surface area contributed by atoms with Crippen molar-refractivity contribution >= 4 is 5.97 Å². The van der Waals surface area contributed by atoms with Gasteiger partial charge in [0.05, 0.1) is 0 Å². The van der Waals surface area contributed by atoms with Gasteiger partial charge in [-0.3, -0.25) is 4.79 Å². The van der Waals surface area contributed by atoms with Crippen LogP contribution in [0.15, 0.2) is 28.8 Å². The number of benzene rings is 1. The van der Waals surface area contributed by atoms with Gasteiger partial charge in [-0.2, -0.15) is 4.98 Å². The topological polar surface area (TPSA) is 102 Å². The van der Waals surface area contributed by atoms with Crippen LogP contribution in [0.2, 0.25) is 0 Å². The molecule has 1 aromatic carbocycles. The Morgan fingerprint density at radius 2 is 1.68 bits per heavy atom. The van der Waals surface area contributed by atoms with Crippen LogP contribution >= 0.6 is 0 Å². The zero-order valence-electron chi connectivity index (χ0n) is 16.9. The molecule has 0 saturated heterocycles. The monoisotopic (exact) mass is 387 g/mol. The van der Waals surface area contributed by atoms with Gasteiger partial charge in [0.2, 0.25) is 11.7 Å². The van der Waals surface area contributed by atoms with E-state index in [2.05, 4.69) is 29.2 Å². The zero-order chi connectivity index (χ0) is 20.2. The smallest absolute Gasteiger partial charge is 0.320 e. The third-order valence-electron chi connectivity index (χ3n) is 4.99. The Morgan fingerprint density at radius 1 is 1.04 bits per heavy atom. The van der Waals surface area contributed by atoms with Crippen molar-refractivity contribution in [3.05, 3.63) is 35.7 Å². The van der Waals surface area contributed by atoms with Crippen molar-refractivity contribution in [2.24, 2.45) is 5.73 Å². The molecule has 0 fully saturated rings. The van der Waals surface area contributed by atoms with Crippen molar-refractivity contribution in [2.45, 2.75) is 83.6 Å². The lowest BCUT2D eigenvalue weighted by molar-refractivity contribution is -0.138. The van der Waals surface area contributed by atoms with E-state index in [9.17, 15) is 4.79 Å². The van der Waals surface area contributed by atoms with Gasteiger partial charge >= 0.3 is 5.97 Å². The molecule has 1 aromatic heterocycles. The summed E-state index contributed by atoms with van der Waals surface area (Å²) in [5.74, 6) is -0.0842. The quantitative estimate of drug-likeness (QED) is 0.453. The van der Waals surface area contributed by atoms with Gasteiger partial charge in [0.1, 0.15) is 6.04 Å². The van der Waals surface area contributed by atoms with E-state index in [1.165, 1.54) is 56.9 Å². The Balaban J connectivity index is 1.71. The van der Waals surface area contributed by atoms with Crippen molar-refractivity contribution in [3.63, 3.8) is 0 Å². The molecular weight excluding hydrogens is 354 g/mol. The Hall–Kier alpha value is -2.21. The maximum atomic E-state index is 10.8. The lowest BCUT2D eigenvalue weighted by Crippen LogP contribution is -2.30. The van der Waals surface area contributed by atoms with Crippen molar-refractivity contribution in [1.29, 1.82) is 0 Å². The van der Waals surface area contributed by atoms with Crippen LogP contribution in [0.1, 0.15) is 76.2 Å². The fourth-order valence-electron chi connectivity index (χ4n) is 3.16. The minimum absolute atomic E-state index is 0.272. The molecule has 1 atom stereocenters. The van der Waals surface area contributed by atoms with Gasteiger partial charge < -0.3 is 15.4 Å². The predicted octanol–water partition coefficient (Wildman–Crippen LogP) is 4.76. The molecular formula is C22H33N3O3. The molecule has 0 bridgehead atoms. The summed E-state index contributed by atoms with van der Waals surface area (Å²) < 4.78 is 5.20. The highest BCUT2D eigenvalue weighted by atomic mass is 16.5. The molecule has 1 unspecified atom stereocenters. The minimum Gasteiger partial charge on any atom is -0.480 e. The average Bonchev–Trinajstić information content (AvgIpc) is 3.17. The predicted molar refractivity (Wildman–Crippen MR) is 110 cm³/mol. The number of nitrogens with two attached hydrogens (primary N) is 1. The highest BCUT2D eigenvalue weighted by Gasteiger charge is 2.14. The number of carboxylic acids is 1. The second-order valence-electron chi connectivity index (χ2n) is 7.42. The summed E-state index contributed by atoms with van der Waals surface area (Å²) in [7, 11) is 0. The maximum absolute atomic E-state index is 10.8. The molecule has 0 aliphatic rings. The van der Waals surface area contributed by atoms with E-state index in [-0.39, 0.29) is 6.42 Å². The van der Waals surface area contributed by atoms with Crippen LogP contribution in [0.3, 0.4) is 0 Å². The molecule has 0 aliphatic carbocycles. The van der Waals surface area contributed by atoms with Crippen LogP contribution in [0.4, 0.5) is 0 Å². The fraction of sp³-hybridized carbons (Fsp3) is 0.591. The van der Waals surface area contributed by atoms with E-state index in [1.54, 1.807) is 0 Å². The summed E-state index contributed by atoms with van der Waals surface area (Å²) in [4.78, 5) is 15.1. The molecule has 2 rings (SSSR count). The van der Waals surface area contributed by atoms with Gasteiger partial charge in [0, 0.05) is 12.0 Å². The van der Waals surface area contributed by atoms with Gasteiger partial charge in [-0.15, -0.1) is 0 Å². The lowest BCUT2D eigenvalue weighted by Gasteiger charge is -2.03. The van der Waals surface area contributed by atoms with Crippen LogP contribution in [0.25, 0.3) is 11.4 Å².